The van der Waals surface area contributed by atoms with Crippen molar-refractivity contribution in [2.24, 2.45) is 0 Å². The fourth-order valence-electron chi connectivity index (χ4n) is 3.83. The molecule has 3 aliphatic rings. The zero-order valence-electron chi connectivity index (χ0n) is 10.9. The van der Waals surface area contributed by atoms with E-state index in [2.05, 4.69) is 5.32 Å². The van der Waals surface area contributed by atoms with E-state index in [1.165, 1.54) is 70.9 Å². The van der Waals surface area contributed by atoms with Gasteiger partial charge in [0.05, 0.1) is 12.2 Å². The number of rotatable bonds is 0. The summed E-state index contributed by atoms with van der Waals surface area (Å²) >= 11 is 0. The summed E-state index contributed by atoms with van der Waals surface area (Å²) in [5, 5.41) is 3.51. The molecular weight excluding hydrogens is 210 g/mol. The maximum atomic E-state index is 6.13. The standard InChI is InChI=1S/C15H25NO/c1-2-8-15(7-1)12-14(6-11-17-15)13-4-3-9-16-10-5-13/h16H,1-12H2. The van der Waals surface area contributed by atoms with Crippen molar-refractivity contribution in [3.05, 3.63) is 11.1 Å². The Morgan fingerprint density at radius 1 is 0.882 bits per heavy atom. The van der Waals surface area contributed by atoms with Crippen LogP contribution in [0.4, 0.5) is 0 Å². The van der Waals surface area contributed by atoms with Gasteiger partial charge in [0.1, 0.15) is 0 Å². The van der Waals surface area contributed by atoms with Crippen molar-refractivity contribution >= 4 is 0 Å². The van der Waals surface area contributed by atoms with Crippen molar-refractivity contribution in [1.82, 2.24) is 5.32 Å². The molecule has 96 valence electrons. The smallest absolute Gasteiger partial charge is 0.0719 e. The van der Waals surface area contributed by atoms with Crippen molar-refractivity contribution in [3.8, 4) is 0 Å². The fourth-order valence-corrected chi connectivity index (χ4v) is 3.83. The predicted molar refractivity (Wildman–Crippen MR) is 70.1 cm³/mol. The zero-order valence-corrected chi connectivity index (χ0v) is 10.9. The first kappa shape index (κ1) is 11.7. The topological polar surface area (TPSA) is 21.3 Å². The average molecular weight is 235 g/mol. The van der Waals surface area contributed by atoms with Crippen molar-refractivity contribution in [1.29, 1.82) is 0 Å². The molecule has 17 heavy (non-hydrogen) atoms. The molecule has 3 fully saturated rings. The van der Waals surface area contributed by atoms with Crippen LogP contribution in [0, 0.1) is 0 Å². The third kappa shape index (κ3) is 2.58. The Morgan fingerprint density at radius 3 is 2.65 bits per heavy atom. The van der Waals surface area contributed by atoms with E-state index < -0.39 is 0 Å². The highest BCUT2D eigenvalue weighted by atomic mass is 16.5. The highest BCUT2D eigenvalue weighted by molar-refractivity contribution is 5.20. The molecule has 0 amide bonds. The van der Waals surface area contributed by atoms with Crippen LogP contribution < -0.4 is 5.32 Å². The first-order chi connectivity index (χ1) is 8.38. The summed E-state index contributed by atoms with van der Waals surface area (Å²) in [6, 6.07) is 0. The number of hydrogen-bond donors (Lipinski definition) is 1. The molecule has 0 unspecified atom stereocenters. The molecule has 2 aliphatic heterocycles. The molecule has 3 rings (SSSR count). The zero-order chi connectivity index (χ0) is 11.6. The second-order valence-electron chi connectivity index (χ2n) is 5.98. The van der Waals surface area contributed by atoms with Crippen LogP contribution in [0.3, 0.4) is 0 Å². The Balaban J connectivity index is 1.75. The van der Waals surface area contributed by atoms with Gasteiger partial charge in [-0.05, 0) is 58.0 Å². The summed E-state index contributed by atoms with van der Waals surface area (Å²) in [6.45, 7) is 3.37. The first-order valence-electron chi connectivity index (χ1n) is 7.42. The highest BCUT2D eigenvalue weighted by Crippen LogP contribution is 2.43. The van der Waals surface area contributed by atoms with Crippen LogP contribution in [-0.2, 0) is 4.74 Å². The lowest BCUT2D eigenvalue weighted by Crippen LogP contribution is -2.34. The number of nitrogens with one attached hydrogen (secondary N) is 1. The fraction of sp³-hybridized carbons (Fsp3) is 0.867. The SMILES string of the molecule is C1CNCCC(=C2CCOC3(CCCC3)C2)C1. The van der Waals surface area contributed by atoms with Crippen LogP contribution in [0.25, 0.3) is 0 Å². The van der Waals surface area contributed by atoms with Crippen LogP contribution >= 0.6 is 0 Å². The third-order valence-corrected chi connectivity index (χ3v) is 4.80. The molecule has 2 heterocycles. The minimum Gasteiger partial charge on any atom is -0.374 e. The Bertz CT molecular complexity index is 292. The second kappa shape index (κ2) is 5.11. The molecule has 1 saturated carbocycles. The normalized spacial score (nSPS) is 33.9. The van der Waals surface area contributed by atoms with Crippen molar-refractivity contribution in [2.75, 3.05) is 19.7 Å². The van der Waals surface area contributed by atoms with E-state index in [0.29, 0.717) is 0 Å². The quantitative estimate of drug-likeness (QED) is 0.651. The van der Waals surface area contributed by atoms with E-state index >= 15 is 0 Å². The summed E-state index contributed by atoms with van der Waals surface area (Å²) in [5.74, 6) is 0. The lowest BCUT2D eigenvalue weighted by Gasteiger charge is -2.36. The van der Waals surface area contributed by atoms with E-state index in [1.807, 2.05) is 0 Å². The van der Waals surface area contributed by atoms with E-state index in [-0.39, 0.29) is 5.60 Å². The summed E-state index contributed by atoms with van der Waals surface area (Å²) in [6.07, 6.45) is 11.8. The van der Waals surface area contributed by atoms with Gasteiger partial charge >= 0.3 is 0 Å². The molecule has 2 nitrogen and oxygen atoms in total. The van der Waals surface area contributed by atoms with Crippen molar-refractivity contribution in [3.63, 3.8) is 0 Å². The molecule has 2 saturated heterocycles. The Morgan fingerprint density at radius 2 is 1.76 bits per heavy atom. The molecule has 0 aromatic heterocycles. The molecule has 0 atom stereocenters. The van der Waals surface area contributed by atoms with E-state index in [4.69, 9.17) is 4.74 Å². The first-order valence-corrected chi connectivity index (χ1v) is 7.42. The van der Waals surface area contributed by atoms with Crippen LogP contribution in [-0.4, -0.2) is 25.3 Å². The minimum absolute atomic E-state index is 0.264. The van der Waals surface area contributed by atoms with Gasteiger partial charge in [0.2, 0.25) is 0 Å². The van der Waals surface area contributed by atoms with Gasteiger partial charge < -0.3 is 10.1 Å². The Hall–Kier alpha value is -0.340. The Labute approximate surface area is 105 Å². The molecule has 0 aromatic carbocycles. The monoisotopic (exact) mass is 235 g/mol. The number of hydrogen-bond acceptors (Lipinski definition) is 2. The summed E-state index contributed by atoms with van der Waals surface area (Å²) < 4.78 is 6.13. The van der Waals surface area contributed by atoms with Gasteiger partial charge in [-0.2, -0.15) is 0 Å². The molecule has 0 bridgehead atoms. The molecule has 1 N–H and O–H groups in total. The highest BCUT2D eigenvalue weighted by Gasteiger charge is 2.38. The van der Waals surface area contributed by atoms with Gasteiger partial charge in [0.25, 0.3) is 0 Å². The second-order valence-corrected chi connectivity index (χ2v) is 5.98. The summed E-state index contributed by atoms with van der Waals surface area (Å²) in [5.41, 5.74) is 3.80. The van der Waals surface area contributed by atoms with Crippen molar-refractivity contribution < 1.29 is 4.74 Å². The van der Waals surface area contributed by atoms with Gasteiger partial charge in [-0.1, -0.05) is 24.0 Å². The Kier molecular flexibility index (Phi) is 3.53. The maximum Gasteiger partial charge on any atom is 0.0719 e. The van der Waals surface area contributed by atoms with E-state index in [9.17, 15) is 0 Å². The van der Waals surface area contributed by atoms with Crippen molar-refractivity contribution in [2.45, 2.75) is 63.4 Å². The third-order valence-electron chi connectivity index (χ3n) is 4.80. The lowest BCUT2D eigenvalue weighted by molar-refractivity contribution is -0.0563. The molecule has 2 heteroatoms. The molecule has 1 spiro atoms. The van der Waals surface area contributed by atoms with Crippen LogP contribution in [0.15, 0.2) is 11.1 Å². The van der Waals surface area contributed by atoms with E-state index in [1.54, 1.807) is 11.1 Å². The average Bonchev–Trinajstić information content (AvgIpc) is 2.66. The molecule has 1 aliphatic carbocycles. The van der Waals surface area contributed by atoms with Crippen LogP contribution in [0.5, 0.6) is 0 Å². The number of ether oxygens (including phenoxy) is 1. The summed E-state index contributed by atoms with van der Waals surface area (Å²) in [4.78, 5) is 0. The van der Waals surface area contributed by atoms with Gasteiger partial charge in [-0.3, -0.25) is 0 Å². The summed E-state index contributed by atoms with van der Waals surface area (Å²) in [7, 11) is 0. The maximum absolute atomic E-state index is 6.13. The molecule has 0 aromatic rings. The van der Waals surface area contributed by atoms with Crippen LogP contribution in [0.1, 0.15) is 57.8 Å². The predicted octanol–water partition coefficient (Wildman–Crippen LogP) is 3.18. The molecular formula is C15H25NO. The molecule has 0 radical (unpaired) electrons. The van der Waals surface area contributed by atoms with Gasteiger partial charge in [-0.25, -0.2) is 0 Å². The van der Waals surface area contributed by atoms with Gasteiger partial charge in [0, 0.05) is 0 Å². The van der Waals surface area contributed by atoms with E-state index in [0.717, 1.165) is 6.61 Å². The lowest BCUT2D eigenvalue weighted by atomic mass is 9.84. The van der Waals surface area contributed by atoms with Crippen LogP contribution in [0.2, 0.25) is 0 Å². The van der Waals surface area contributed by atoms with Gasteiger partial charge in [0.15, 0.2) is 0 Å². The minimum atomic E-state index is 0.264. The van der Waals surface area contributed by atoms with Gasteiger partial charge in [-0.15, -0.1) is 0 Å². The largest absolute Gasteiger partial charge is 0.374 e.